The van der Waals surface area contributed by atoms with Gasteiger partial charge in [-0.1, -0.05) is 0 Å². The van der Waals surface area contributed by atoms with E-state index in [1.54, 1.807) is 0 Å². The minimum Gasteiger partial charge on any atom is -0.344 e. The molecular weight excluding hydrogens is 112 g/mol. The highest BCUT2D eigenvalue weighted by Gasteiger charge is 2.17. The van der Waals surface area contributed by atoms with Crippen molar-refractivity contribution in [3.63, 3.8) is 0 Å². The third-order valence-electron chi connectivity index (χ3n) is 0.986. The molecule has 7 heavy (non-hydrogen) atoms. The minimum absolute atomic E-state index is 0. The summed E-state index contributed by atoms with van der Waals surface area (Å²) in [7, 11) is 2.01. The molecule has 0 amide bonds. The second kappa shape index (κ2) is 4.37. The molecule has 0 spiro atoms. The van der Waals surface area contributed by atoms with E-state index in [-0.39, 0.29) is 18.6 Å². The van der Waals surface area contributed by atoms with Gasteiger partial charge in [0.25, 0.3) is 0 Å². The lowest BCUT2D eigenvalue weighted by Crippen LogP contribution is -2.06. The second-order valence-corrected chi connectivity index (χ2v) is 1.56. The zero-order chi connectivity index (χ0) is 3.70. The zero-order valence-electron chi connectivity index (χ0n) is 4.61. The van der Waals surface area contributed by atoms with Crippen LogP contribution in [0.15, 0.2) is 0 Å². The predicted octanol–water partition coefficient (Wildman–Crippen LogP) is 0.952. The molecule has 46 valence electrons. The van der Waals surface area contributed by atoms with Crippen molar-refractivity contribution in [2.45, 2.75) is 18.9 Å². The Labute approximate surface area is 50.7 Å². The van der Waals surface area contributed by atoms with Gasteiger partial charge in [-0.05, 0) is 19.9 Å². The van der Waals surface area contributed by atoms with Crippen molar-refractivity contribution < 1.29 is 0 Å². The Morgan fingerprint density at radius 3 is 1.86 bits per heavy atom. The molecule has 0 heterocycles. The smallest absolute Gasteiger partial charge is 0.00652 e. The molecule has 0 aliphatic heterocycles. The number of hydrogen-bond acceptors (Lipinski definition) is 2. The number of halogens is 1. The summed E-state index contributed by atoms with van der Waals surface area (Å²) in [5.41, 5.74) is 0. The van der Waals surface area contributed by atoms with Gasteiger partial charge in [0.2, 0.25) is 0 Å². The summed E-state index contributed by atoms with van der Waals surface area (Å²) < 4.78 is 0. The van der Waals surface area contributed by atoms with Crippen molar-refractivity contribution in [3.05, 3.63) is 0 Å². The molecule has 0 aromatic rings. The van der Waals surface area contributed by atoms with E-state index in [1.807, 2.05) is 7.05 Å². The van der Waals surface area contributed by atoms with Crippen molar-refractivity contribution in [1.82, 2.24) is 11.5 Å². The summed E-state index contributed by atoms with van der Waals surface area (Å²) in [6, 6.07) is 0.884. The molecule has 2 nitrogen and oxygen atoms in total. The van der Waals surface area contributed by atoms with Gasteiger partial charge in [0.15, 0.2) is 0 Å². The Bertz CT molecular complexity index is 36.7. The van der Waals surface area contributed by atoms with Crippen molar-refractivity contribution in [2.75, 3.05) is 7.05 Å². The monoisotopic (exact) mass is 124 g/mol. The third-order valence-corrected chi connectivity index (χ3v) is 0.986. The van der Waals surface area contributed by atoms with Gasteiger partial charge in [-0.2, -0.15) is 0 Å². The average Bonchev–Trinajstić information content (AvgIpc) is 2.12. The summed E-state index contributed by atoms with van der Waals surface area (Å²) >= 11 is 0. The molecule has 0 aromatic carbocycles. The average molecular weight is 125 g/mol. The highest BCUT2D eigenvalue weighted by Crippen LogP contribution is 2.16. The Kier molecular flexibility index (Phi) is 6.40. The highest BCUT2D eigenvalue weighted by atomic mass is 35.5. The van der Waals surface area contributed by atoms with Crippen LogP contribution >= 0.6 is 12.4 Å². The Hall–Kier alpha value is 0.210. The summed E-state index contributed by atoms with van der Waals surface area (Å²) in [5, 5.41) is 3.14. The fourth-order valence-corrected chi connectivity index (χ4v) is 0.372. The maximum atomic E-state index is 3.14. The SMILES string of the molecule is CNC1CC1.Cl.N. The van der Waals surface area contributed by atoms with E-state index in [1.165, 1.54) is 12.8 Å². The third kappa shape index (κ3) is 4.05. The van der Waals surface area contributed by atoms with Crippen molar-refractivity contribution >= 4 is 12.4 Å². The van der Waals surface area contributed by atoms with Crippen LogP contribution in [0.2, 0.25) is 0 Å². The molecule has 1 aliphatic carbocycles. The molecule has 3 heteroatoms. The van der Waals surface area contributed by atoms with Crippen LogP contribution in [0.25, 0.3) is 0 Å². The van der Waals surface area contributed by atoms with Crippen LogP contribution in [0.3, 0.4) is 0 Å². The van der Waals surface area contributed by atoms with Crippen LogP contribution < -0.4 is 11.5 Å². The molecule has 0 atom stereocenters. The van der Waals surface area contributed by atoms with Crippen molar-refractivity contribution in [1.29, 1.82) is 0 Å². The summed E-state index contributed by atoms with van der Waals surface area (Å²) in [4.78, 5) is 0. The quantitative estimate of drug-likeness (QED) is 0.547. The lowest BCUT2D eigenvalue weighted by molar-refractivity contribution is 0.811. The van der Waals surface area contributed by atoms with Gasteiger partial charge < -0.3 is 11.5 Å². The van der Waals surface area contributed by atoms with Gasteiger partial charge in [-0.3, -0.25) is 0 Å². The van der Waals surface area contributed by atoms with Gasteiger partial charge >= 0.3 is 0 Å². The van der Waals surface area contributed by atoms with Gasteiger partial charge in [-0.15, -0.1) is 12.4 Å². The molecular formula is C4H13ClN2. The number of nitrogens with one attached hydrogen (secondary N) is 1. The molecule has 0 unspecified atom stereocenters. The van der Waals surface area contributed by atoms with E-state index >= 15 is 0 Å². The van der Waals surface area contributed by atoms with Crippen LogP contribution in [-0.2, 0) is 0 Å². The molecule has 0 aromatic heterocycles. The molecule has 1 rings (SSSR count). The van der Waals surface area contributed by atoms with E-state index in [9.17, 15) is 0 Å². The van der Waals surface area contributed by atoms with E-state index < -0.39 is 0 Å². The first-order valence-corrected chi connectivity index (χ1v) is 2.11. The fourth-order valence-electron chi connectivity index (χ4n) is 0.372. The topological polar surface area (TPSA) is 47.0 Å². The molecule has 1 aliphatic rings. The van der Waals surface area contributed by atoms with Gasteiger partial charge in [0.1, 0.15) is 0 Å². The summed E-state index contributed by atoms with van der Waals surface area (Å²) in [6.07, 6.45) is 2.80. The molecule has 0 bridgehead atoms. The minimum atomic E-state index is 0. The standard InChI is InChI=1S/C4H9N.ClH.H3N/c1-5-4-2-3-4;;/h4-5H,2-3H2,1H3;1H;1H3. The number of rotatable bonds is 1. The van der Waals surface area contributed by atoms with Gasteiger partial charge in [0.05, 0.1) is 0 Å². The maximum Gasteiger partial charge on any atom is 0.00652 e. The van der Waals surface area contributed by atoms with Crippen LogP contribution in [0, 0.1) is 0 Å². The van der Waals surface area contributed by atoms with Gasteiger partial charge in [-0.25, -0.2) is 0 Å². The van der Waals surface area contributed by atoms with Crippen LogP contribution in [0.1, 0.15) is 12.8 Å². The maximum absolute atomic E-state index is 3.14. The summed E-state index contributed by atoms with van der Waals surface area (Å²) in [5.74, 6) is 0. The van der Waals surface area contributed by atoms with E-state index in [0.29, 0.717) is 0 Å². The normalized spacial score (nSPS) is 16.7. The van der Waals surface area contributed by atoms with E-state index in [0.717, 1.165) is 6.04 Å². The molecule has 1 fully saturated rings. The Morgan fingerprint density at radius 2 is 1.86 bits per heavy atom. The summed E-state index contributed by atoms with van der Waals surface area (Å²) in [6.45, 7) is 0. The van der Waals surface area contributed by atoms with Crippen LogP contribution in [-0.4, -0.2) is 13.1 Å². The lowest BCUT2D eigenvalue weighted by atomic mass is 10.7. The first kappa shape index (κ1) is 10.2. The predicted molar refractivity (Wildman–Crippen MR) is 34.4 cm³/mol. The lowest BCUT2D eigenvalue weighted by Gasteiger charge is -1.80. The second-order valence-electron chi connectivity index (χ2n) is 1.56. The fraction of sp³-hybridized carbons (Fsp3) is 1.00. The molecule has 4 N–H and O–H groups in total. The largest absolute Gasteiger partial charge is 0.344 e. The van der Waals surface area contributed by atoms with E-state index in [4.69, 9.17) is 0 Å². The zero-order valence-corrected chi connectivity index (χ0v) is 5.42. The van der Waals surface area contributed by atoms with Crippen LogP contribution in [0.4, 0.5) is 0 Å². The molecule has 0 saturated heterocycles. The highest BCUT2D eigenvalue weighted by molar-refractivity contribution is 5.85. The van der Waals surface area contributed by atoms with Crippen molar-refractivity contribution in [2.24, 2.45) is 0 Å². The van der Waals surface area contributed by atoms with E-state index in [2.05, 4.69) is 5.32 Å². The Morgan fingerprint density at radius 1 is 1.43 bits per heavy atom. The van der Waals surface area contributed by atoms with Gasteiger partial charge in [0, 0.05) is 6.04 Å². The first-order chi connectivity index (χ1) is 2.43. The molecule has 1 saturated carbocycles. The van der Waals surface area contributed by atoms with Crippen LogP contribution in [0.5, 0.6) is 0 Å². The first-order valence-electron chi connectivity index (χ1n) is 2.11. The molecule has 0 radical (unpaired) electrons. The number of hydrogen-bond donors (Lipinski definition) is 2. The Balaban J connectivity index is 0. The van der Waals surface area contributed by atoms with Crippen molar-refractivity contribution in [3.8, 4) is 0 Å².